The molecule has 0 unspecified atom stereocenters. The molecule has 2 aliphatic rings. The summed E-state index contributed by atoms with van der Waals surface area (Å²) in [6.45, 7) is 6.06. The number of nitrogens with one attached hydrogen (secondary N) is 3. The van der Waals surface area contributed by atoms with Crippen LogP contribution in [0, 0.1) is 0 Å². The van der Waals surface area contributed by atoms with E-state index in [4.69, 9.17) is 9.47 Å². The van der Waals surface area contributed by atoms with Crippen molar-refractivity contribution in [2.75, 3.05) is 13.2 Å². The van der Waals surface area contributed by atoms with Gasteiger partial charge in [0.15, 0.2) is 0 Å². The number of aromatic nitrogens is 1. The Bertz CT molecular complexity index is 2000. The third-order valence-electron chi connectivity index (χ3n) is 9.45. The molecular weight excluding hydrogens is 628 g/mol. The first kappa shape index (κ1) is 33.0. The highest BCUT2D eigenvalue weighted by Crippen LogP contribution is 2.44. The maximum absolute atomic E-state index is 14.2. The molecule has 50 heavy (non-hydrogen) atoms. The van der Waals surface area contributed by atoms with E-state index in [1.807, 2.05) is 79.0 Å². The van der Waals surface area contributed by atoms with Crippen molar-refractivity contribution in [3.05, 3.63) is 131 Å². The highest BCUT2D eigenvalue weighted by atomic mass is 16.6. The lowest BCUT2D eigenvalue weighted by molar-refractivity contribution is -0.134. The SMILES string of the molecule is CC(C)(C)OC(=O)N[C@@H]1Cc2ccccc2CN(C[C@H](Cc2c[nH]c3ccccc23)NC(=O)OCC2c3ccccc3-c3ccccc32)C1=O. The monoisotopic (exact) mass is 670 g/mol. The van der Waals surface area contributed by atoms with Gasteiger partial charge in [0, 0.05) is 42.5 Å². The highest BCUT2D eigenvalue weighted by molar-refractivity contribution is 5.87. The Morgan fingerprint density at radius 3 is 2.22 bits per heavy atom. The predicted octanol–water partition coefficient (Wildman–Crippen LogP) is 7.10. The minimum atomic E-state index is -0.836. The molecule has 3 amide bonds. The summed E-state index contributed by atoms with van der Waals surface area (Å²) >= 11 is 0. The van der Waals surface area contributed by atoms with Gasteiger partial charge in [0.1, 0.15) is 18.2 Å². The fourth-order valence-corrected chi connectivity index (χ4v) is 7.24. The topological polar surface area (TPSA) is 113 Å². The summed E-state index contributed by atoms with van der Waals surface area (Å²) in [5, 5.41) is 6.97. The molecule has 0 bridgehead atoms. The third kappa shape index (κ3) is 7.08. The number of hydrogen-bond donors (Lipinski definition) is 3. The van der Waals surface area contributed by atoms with Crippen molar-refractivity contribution < 1.29 is 23.9 Å². The average Bonchev–Trinajstić information content (AvgIpc) is 3.61. The van der Waals surface area contributed by atoms with E-state index in [1.54, 1.807) is 25.7 Å². The van der Waals surface area contributed by atoms with Crippen LogP contribution in [0.2, 0.25) is 0 Å². The molecule has 0 fully saturated rings. The van der Waals surface area contributed by atoms with Crippen molar-refractivity contribution in [1.82, 2.24) is 20.5 Å². The van der Waals surface area contributed by atoms with Gasteiger partial charge in [-0.3, -0.25) is 4.79 Å². The van der Waals surface area contributed by atoms with Crippen LogP contribution in [0.15, 0.2) is 103 Å². The molecule has 9 nitrogen and oxygen atoms in total. The highest BCUT2D eigenvalue weighted by Gasteiger charge is 2.34. The molecule has 5 aromatic rings. The van der Waals surface area contributed by atoms with Gasteiger partial charge in [-0.2, -0.15) is 0 Å². The van der Waals surface area contributed by atoms with E-state index in [0.717, 1.165) is 49.8 Å². The number of alkyl carbamates (subject to hydrolysis) is 2. The summed E-state index contributed by atoms with van der Waals surface area (Å²) < 4.78 is 11.5. The lowest BCUT2D eigenvalue weighted by Crippen LogP contribution is -2.53. The Morgan fingerprint density at radius 2 is 1.50 bits per heavy atom. The maximum atomic E-state index is 14.2. The molecule has 2 heterocycles. The first-order chi connectivity index (χ1) is 24.1. The normalized spacial score (nSPS) is 16.2. The number of carbonyl (C=O) groups excluding carboxylic acids is 3. The van der Waals surface area contributed by atoms with Crippen LogP contribution in [0.3, 0.4) is 0 Å². The standard InChI is InChI=1S/C41H42N4O5/c1-41(2,3)50-40(48)44-37-21-26-12-4-5-13-27(26)23-45(38(37)46)24-29(20-28-22-42-36-19-11-10-14-30(28)36)43-39(47)49-25-35-33-17-8-6-15-31(33)32-16-7-9-18-34(32)35/h4-19,22,29,35,37,42H,20-21,23-25H2,1-3H3,(H,43,47)(H,44,48)/t29-,37+/m0/s1. The van der Waals surface area contributed by atoms with E-state index in [9.17, 15) is 14.4 Å². The van der Waals surface area contributed by atoms with Crippen LogP contribution in [0.5, 0.6) is 0 Å². The molecule has 4 aromatic carbocycles. The van der Waals surface area contributed by atoms with Gasteiger partial charge in [-0.05, 0) is 72.2 Å². The van der Waals surface area contributed by atoms with E-state index in [0.29, 0.717) is 19.4 Å². The molecule has 7 rings (SSSR count). The summed E-state index contributed by atoms with van der Waals surface area (Å²) in [5.74, 6) is -0.325. The van der Waals surface area contributed by atoms with Gasteiger partial charge in [-0.15, -0.1) is 0 Å². The van der Waals surface area contributed by atoms with Crippen LogP contribution in [-0.2, 0) is 33.7 Å². The lowest BCUT2D eigenvalue weighted by atomic mass is 9.98. The van der Waals surface area contributed by atoms with Gasteiger partial charge in [0.2, 0.25) is 5.91 Å². The van der Waals surface area contributed by atoms with Crippen LogP contribution in [-0.4, -0.2) is 58.8 Å². The largest absolute Gasteiger partial charge is 0.449 e. The van der Waals surface area contributed by atoms with Gasteiger partial charge in [-0.25, -0.2) is 9.59 Å². The lowest BCUT2D eigenvalue weighted by Gasteiger charge is -2.30. The Kier molecular flexibility index (Phi) is 9.06. The van der Waals surface area contributed by atoms with Crippen LogP contribution in [0.25, 0.3) is 22.0 Å². The first-order valence-electron chi connectivity index (χ1n) is 17.1. The first-order valence-corrected chi connectivity index (χ1v) is 17.1. The Morgan fingerprint density at radius 1 is 0.860 bits per heavy atom. The van der Waals surface area contributed by atoms with Gasteiger partial charge >= 0.3 is 12.2 Å². The van der Waals surface area contributed by atoms with Gasteiger partial charge in [0.05, 0.1) is 6.04 Å². The van der Waals surface area contributed by atoms with E-state index in [-0.39, 0.29) is 25.0 Å². The summed E-state index contributed by atoms with van der Waals surface area (Å²) in [5.41, 5.74) is 7.83. The van der Waals surface area contributed by atoms with Crippen LogP contribution < -0.4 is 10.6 Å². The maximum Gasteiger partial charge on any atom is 0.408 e. The predicted molar refractivity (Wildman–Crippen MR) is 193 cm³/mol. The van der Waals surface area contributed by atoms with Crippen molar-refractivity contribution in [1.29, 1.82) is 0 Å². The van der Waals surface area contributed by atoms with E-state index >= 15 is 0 Å². The number of fused-ring (bicyclic) bond motifs is 5. The second-order valence-corrected chi connectivity index (χ2v) is 14.1. The molecule has 1 aromatic heterocycles. The molecule has 0 saturated carbocycles. The fraction of sp³-hybridized carbons (Fsp3) is 0.293. The number of nitrogens with zero attached hydrogens (tertiary/aromatic N) is 1. The van der Waals surface area contributed by atoms with Crippen LogP contribution in [0.4, 0.5) is 9.59 Å². The van der Waals surface area contributed by atoms with Crippen LogP contribution >= 0.6 is 0 Å². The Labute approximate surface area is 292 Å². The van der Waals surface area contributed by atoms with Crippen LogP contribution in [0.1, 0.15) is 54.5 Å². The van der Waals surface area contributed by atoms with E-state index in [1.165, 1.54) is 0 Å². The van der Waals surface area contributed by atoms with Gasteiger partial charge < -0.3 is 30.0 Å². The number of ether oxygens (including phenoxy) is 2. The zero-order valence-electron chi connectivity index (χ0n) is 28.6. The minimum absolute atomic E-state index is 0.0800. The number of carbonyl (C=O) groups is 3. The number of aromatic amines is 1. The smallest absolute Gasteiger partial charge is 0.408 e. The second kappa shape index (κ2) is 13.7. The quantitative estimate of drug-likeness (QED) is 0.163. The Hall–Kier alpha value is -5.57. The second-order valence-electron chi connectivity index (χ2n) is 14.1. The molecule has 1 aliphatic carbocycles. The summed E-state index contributed by atoms with van der Waals surface area (Å²) in [4.78, 5) is 45.7. The number of benzene rings is 4. The summed E-state index contributed by atoms with van der Waals surface area (Å²) in [6, 6.07) is 31.0. The molecular formula is C41H42N4O5. The number of para-hydroxylation sites is 1. The number of H-pyrrole nitrogens is 1. The molecule has 2 atom stereocenters. The fourth-order valence-electron chi connectivity index (χ4n) is 7.24. The minimum Gasteiger partial charge on any atom is -0.449 e. The third-order valence-corrected chi connectivity index (χ3v) is 9.45. The Balaban J connectivity index is 1.13. The molecule has 0 spiro atoms. The molecule has 1 aliphatic heterocycles. The van der Waals surface area contributed by atoms with E-state index < -0.39 is 29.9 Å². The molecule has 3 N–H and O–H groups in total. The van der Waals surface area contributed by atoms with E-state index in [2.05, 4.69) is 39.9 Å². The number of rotatable bonds is 8. The van der Waals surface area contributed by atoms with Gasteiger partial charge in [-0.1, -0.05) is 91.0 Å². The number of hydrogen-bond acceptors (Lipinski definition) is 5. The van der Waals surface area contributed by atoms with Crippen molar-refractivity contribution in [3.63, 3.8) is 0 Å². The zero-order valence-corrected chi connectivity index (χ0v) is 28.6. The average molecular weight is 671 g/mol. The van der Waals surface area contributed by atoms with Crippen molar-refractivity contribution in [2.24, 2.45) is 0 Å². The zero-order chi connectivity index (χ0) is 34.8. The summed E-state index contributed by atoms with van der Waals surface area (Å²) in [7, 11) is 0. The van der Waals surface area contributed by atoms with Crippen molar-refractivity contribution in [2.45, 2.75) is 63.8 Å². The number of amides is 3. The molecule has 9 heteroatoms. The molecule has 256 valence electrons. The van der Waals surface area contributed by atoms with Crippen molar-refractivity contribution in [3.8, 4) is 11.1 Å². The van der Waals surface area contributed by atoms with Crippen molar-refractivity contribution >= 4 is 29.0 Å². The molecule has 0 radical (unpaired) electrons. The van der Waals surface area contributed by atoms with Gasteiger partial charge in [0.25, 0.3) is 0 Å². The molecule has 0 saturated heterocycles. The summed E-state index contributed by atoms with van der Waals surface area (Å²) in [6.07, 6.45) is 1.52.